The molecule has 1 heterocycles. The first-order valence-electron chi connectivity index (χ1n) is 5.38. The highest BCUT2D eigenvalue weighted by atomic mass is 19.4. The molecule has 1 nitrogen and oxygen atoms in total. The lowest BCUT2D eigenvalue weighted by Gasteiger charge is -2.17. The normalized spacial score (nSPS) is 26.0. The summed E-state index contributed by atoms with van der Waals surface area (Å²) in [6.07, 6.45) is -3.49. The summed E-state index contributed by atoms with van der Waals surface area (Å²) >= 11 is 0. The standard InChI is InChI=1S/C12H14F3N/c1-8-6-11(16-7-8)9-4-2-3-5-10(9)12(13,14)15/h2-5,8,11,16H,6-7H2,1H3/t8-,11+/m0/s1. The van der Waals surface area contributed by atoms with Crippen molar-refractivity contribution in [2.45, 2.75) is 25.6 Å². The Kier molecular flexibility index (Phi) is 2.93. The van der Waals surface area contributed by atoms with Crippen LogP contribution in [0.3, 0.4) is 0 Å². The van der Waals surface area contributed by atoms with E-state index in [1.54, 1.807) is 12.1 Å². The molecule has 0 saturated carbocycles. The van der Waals surface area contributed by atoms with Crippen LogP contribution in [0.5, 0.6) is 0 Å². The van der Waals surface area contributed by atoms with Gasteiger partial charge in [-0.25, -0.2) is 0 Å². The monoisotopic (exact) mass is 229 g/mol. The van der Waals surface area contributed by atoms with E-state index in [0.717, 1.165) is 19.0 Å². The third-order valence-electron chi connectivity index (χ3n) is 2.99. The maximum absolute atomic E-state index is 12.8. The quantitative estimate of drug-likeness (QED) is 0.778. The minimum Gasteiger partial charge on any atom is -0.310 e. The Bertz CT molecular complexity index is 373. The lowest BCUT2D eigenvalue weighted by Crippen LogP contribution is -2.18. The van der Waals surface area contributed by atoms with Crippen molar-refractivity contribution in [1.82, 2.24) is 5.32 Å². The van der Waals surface area contributed by atoms with E-state index in [9.17, 15) is 13.2 Å². The summed E-state index contributed by atoms with van der Waals surface area (Å²) in [7, 11) is 0. The molecule has 88 valence electrons. The zero-order valence-electron chi connectivity index (χ0n) is 9.01. The summed E-state index contributed by atoms with van der Waals surface area (Å²) in [5.41, 5.74) is -0.138. The summed E-state index contributed by atoms with van der Waals surface area (Å²) < 4.78 is 38.3. The van der Waals surface area contributed by atoms with Crippen molar-refractivity contribution in [3.05, 3.63) is 35.4 Å². The lowest BCUT2D eigenvalue weighted by atomic mass is 9.96. The van der Waals surface area contributed by atoms with Crippen LogP contribution < -0.4 is 5.32 Å². The third kappa shape index (κ3) is 2.21. The molecule has 16 heavy (non-hydrogen) atoms. The Morgan fingerprint density at radius 2 is 1.94 bits per heavy atom. The van der Waals surface area contributed by atoms with Gasteiger partial charge in [0.25, 0.3) is 0 Å². The maximum atomic E-state index is 12.8. The van der Waals surface area contributed by atoms with Crippen molar-refractivity contribution in [2.24, 2.45) is 5.92 Å². The van der Waals surface area contributed by atoms with Crippen LogP contribution in [0, 0.1) is 5.92 Å². The largest absolute Gasteiger partial charge is 0.416 e. The zero-order valence-corrected chi connectivity index (χ0v) is 9.01. The molecule has 4 heteroatoms. The van der Waals surface area contributed by atoms with E-state index in [1.807, 2.05) is 6.92 Å². The number of rotatable bonds is 1. The van der Waals surface area contributed by atoms with E-state index in [4.69, 9.17) is 0 Å². The highest BCUT2D eigenvalue weighted by Gasteiger charge is 2.36. The number of hydrogen-bond acceptors (Lipinski definition) is 1. The fourth-order valence-corrected chi connectivity index (χ4v) is 2.21. The zero-order chi connectivity index (χ0) is 11.8. The number of benzene rings is 1. The van der Waals surface area contributed by atoms with E-state index in [2.05, 4.69) is 5.32 Å². The predicted molar refractivity (Wildman–Crippen MR) is 56.0 cm³/mol. The second-order valence-electron chi connectivity index (χ2n) is 4.39. The molecule has 1 saturated heterocycles. The molecule has 0 radical (unpaired) electrons. The first-order valence-corrected chi connectivity index (χ1v) is 5.38. The second kappa shape index (κ2) is 4.09. The van der Waals surface area contributed by atoms with E-state index in [-0.39, 0.29) is 6.04 Å². The van der Waals surface area contributed by atoms with E-state index < -0.39 is 11.7 Å². The van der Waals surface area contributed by atoms with Gasteiger partial charge in [-0.1, -0.05) is 25.1 Å². The first-order chi connectivity index (χ1) is 7.48. The van der Waals surface area contributed by atoms with Crippen LogP contribution in [-0.4, -0.2) is 6.54 Å². The van der Waals surface area contributed by atoms with Gasteiger partial charge in [-0.2, -0.15) is 13.2 Å². The average molecular weight is 229 g/mol. The molecule has 0 amide bonds. The van der Waals surface area contributed by atoms with Crippen LogP contribution in [0.2, 0.25) is 0 Å². The molecule has 0 spiro atoms. The maximum Gasteiger partial charge on any atom is 0.416 e. The summed E-state index contributed by atoms with van der Waals surface area (Å²) in [6.45, 7) is 2.83. The van der Waals surface area contributed by atoms with Gasteiger partial charge in [-0.15, -0.1) is 0 Å². The van der Waals surface area contributed by atoms with E-state index in [0.29, 0.717) is 11.5 Å². The molecule has 1 fully saturated rings. The Hall–Kier alpha value is -1.03. The fourth-order valence-electron chi connectivity index (χ4n) is 2.21. The molecular weight excluding hydrogens is 215 g/mol. The Morgan fingerprint density at radius 1 is 1.25 bits per heavy atom. The van der Waals surface area contributed by atoms with Gasteiger partial charge in [0.15, 0.2) is 0 Å². The molecule has 2 atom stereocenters. The molecule has 1 aromatic rings. The summed E-state index contributed by atoms with van der Waals surface area (Å²) in [6, 6.07) is 5.66. The van der Waals surface area contributed by atoms with Gasteiger partial charge in [-0.3, -0.25) is 0 Å². The van der Waals surface area contributed by atoms with Crippen molar-refractivity contribution in [3.8, 4) is 0 Å². The number of alkyl halides is 3. The van der Waals surface area contributed by atoms with Crippen molar-refractivity contribution in [3.63, 3.8) is 0 Å². The van der Waals surface area contributed by atoms with Gasteiger partial charge >= 0.3 is 6.18 Å². The molecule has 1 aliphatic heterocycles. The summed E-state index contributed by atoms with van der Waals surface area (Å²) in [4.78, 5) is 0. The molecule has 2 rings (SSSR count). The van der Waals surface area contributed by atoms with E-state index in [1.165, 1.54) is 6.07 Å². The fraction of sp³-hybridized carbons (Fsp3) is 0.500. The molecule has 0 aromatic heterocycles. The molecule has 1 aromatic carbocycles. The van der Waals surface area contributed by atoms with Crippen LogP contribution in [0.25, 0.3) is 0 Å². The Labute approximate surface area is 92.7 Å². The Morgan fingerprint density at radius 3 is 2.50 bits per heavy atom. The van der Waals surface area contributed by atoms with Crippen LogP contribution >= 0.6 is 0 Å². The molecular formula is C12H14F3N. The SMILES string of the molecule is C[C@@H]1CN[C@@H](c2ccccc2C(F)(F)F)C1. The van der Waals surface area contributed by atoms with Crippen molar-refractivity contribution in [2.75, 3.05) is 6.54 Å². The van der Waals surface area contributed by atoms with Gasteiger partial charge in [0.05, 0.1) is 5.56 Å². The van der Waals surface area contributed by atoms with Crippen LogP contribution in [0.4, 0.5) is 13.2 Å². The molecule has 0 unspecified atom stereocenters. The minimum absolute atomic E-state index is 0.159. The second-order valence-corrected chi connectivity index (χ2v) is 4.39. The summed E-state index contributed by atoms with van der Waals surface area (Å²) in [5, 5.41) is 3.14. The Balaban J connectivity index is 2.34. The van der Waals surface area contributed by atoms with Gasteiger partial charge in [-0.05, 0) is 30.5 Å². The van der Waals surface area contributed by atoms with Crippen molar-refractivity contribution >= 4 is 0 Å². The molecule has 1 aliphatic rings. The highest BCUT2D eigenvalue weighted by Crippen LogP contribution is 2.37. The van der Waals surface area contributed by atoms with E-state index >= 15 is 0 Å². The highest BCUT2D eigenvalue weighted by molar-refractivity contribution is 5.33. The average Bonchev–Trinajstić information content (AvgIpc) is 2.64. The molecule has 1 N–H and O–H groups in total. The predicted octanol–water partition coefficient (Wildman–Crippen LogP) is 3.38. The number of hydrogen-bond donors (Lipinski definition) is 1. The summed E-state index contributed by atoms with van der Waals surface area (Å²) in [5.74, 6) is 0.436. The van der Waals surface area contributed by atoms with Gasteiger partial charge in [0.2, 0.25) is 0 Å². The third-order valence-corrected chi connectivity index (χ3v) is 2.99. The lowest BCUT2D eigenvalue weighted by molar-refractivity contribution is -0.138. The molecule has 0 aliphatic carbocycles. The van der Waals surface area contributed by atoms with Crippen molar-refractivity contribution in [1.29, 1.82) is 0 Å². The topological polar surface area (TPSA) is 12.0 Å². The number of halogens is 3. The van der Waals surface area contributed by atoms with Crippen LogP contribution in [0.1, 0.15) is 30.5 Å². The van der Waals surface area contributed by atoms with Crippen LogP contribution in [0.15, 0.2) is 24.3 Å². The van der Waals surface area contributed by atoms with Crippen LogP contribution in [-0.2, 0) is 6.18 Å². The van der Waals surface area contributed by atoms with Gasteiger partial charge in [0.1, 0.15) is 0 Å². The smallest absolute Gasteiger partial charge is 0.310 e. The van der Waals surface area contributed by atoms with Crippen molar-refractivity contribution < 1.29 is 13.2 Å². The first kappa shape index (κ1) is 11.5. The van der Waals surface area contributed by atoms with Gasteiger partial charge in [0, 0.05) is 6.04 Å². The number of nitrogens with one attached hydrogen (secondary N) is 1. The molecule has 0 bridgehead atoms. The van der Waals surface area contributed by atoms with Gasteiger partial charge < -0.3 is 5.32 Å². The minimum atomic E-state index is -4.26.